The fourth-order valence-corrected chi connectivity index (χ4v) is 4.46. The highest BCUT2D eigenvalue weighted by molar-refractivity contribution is 7.89. The van der Waals surface area contributed by atoms with Gasteiger partial charge in [0.2, 0.25) is 10.0 Å². The average Bonchev–Trinajstić information content (AvgIpc) is 2.97. The van der Waals surface area contributed by atoms with E-state index < -0.39 is 10.0 Å². The van der Waals surface area contributed by atoms with Crippen molar-refractivity contribution in [2.75, 3.05) is 14.1 Å². The zero-order chi connectivity index (χ0) is 15.6. The van der Waals surface area contributed by atoms with Crippen molar-refractivity contribution in [3.63, 3.8) is 0 Å². The van der Waals surface area contributed by atoms with Gasteiger partial charge in [0, 0.05) is 44.0 Å². The Labute approximate surface area is 134 Å². The Bertz CT molecular complexity index is 722. The minimum absolute atomic E-state index is 0.306. The summed E-state index contributed by atoms with van der Waals surface area (Å²) >= 11 is 7.26. The van der Waals surface area contributed by atoms with E-state index in [1.807, 2.05) is 24.7 Å². The minimum Gasteiger partial charge on any atom is -0.352 e. The number of hydrogen-bond donors (Lipinski definition) is 1. The Hall–Kier alpha value is -0.860. The fourth-order valence-electron chi connectivity index (χ4n) is 2.00. The molecule has 0 amide bonds. The third-order valence-corrected chi connectivity index (χ3v) is 6.14. The van der Waals surface area contributed by atoms with Crippen LogP contribution in [0.4, 0.5) is 0 Å². The van der Waals surface area contributed by atoms with E-state index in [0.717, 1.165) is 10.6 Å². The van der Waals surface area contributed by atoms with Crippen LogP contribution >= 0.6 is 22.9 Å². The molecule has 2 heterocycles. The molecule has 0 saturated carbocycles. The van der Waals surface area contributed by atoms with Gasteiger partial charge in [-0.3, -0.25) is 0 Å². The van der Waals surface area contributed by atoms with E-state index in [0.29, 0.717) is 22.3 Å². The highest BCUT2D eigenvalue weighted by atomic mass is 35.5. The van der Waals surface area contributed by atoms with Crippen molar-refractivity contribution in [2.45, 2.75) is 18.0 Å². The fraction of sp³-hybridized carbons (Fsp3) is 0.385. The summed E-state index contributed by atoms with van der Waals surface area (Å²) in [6.07, 6.45) is 1.64. The lowest BCUT2D eigenvalue weighted by Crippen LogP contribution is -2.25. The third-order valence-electron chi connectivity index (χ3n) is 3.16. The van der Waals surface area contributed by atoms with Gasteiger partial charge in [0.25, 0.3) is 0 Å². The maximum Gasteiger partial charge on any atom is 0.244 e. The van der Waals surface area contributed by atoms with Crippen molar-refractivity contribution in [1.29, 1.82) is 0 Å². The molecule has 0 atom stereocenters. The summed E-state index contributed by atoms with van der Waals surface area (Å²) < 4.78 is 29.0. The molecule has 2 aromatic heterocycles. The first kappa shape index (κ1) is 16.5. The molecule has 0 aliphatic rings. The monoisotopic (exact) mass is 347 g/mol. The van der Waals surface area contributed by atoms with Crippen LogP contribution < -0.4 is 5.32 Å². The molecule has 0 aliphatic heterocycles. The van der Waals surface area contributed by atoms with Gasteiger partial charge in [-0.2, -0.15) is 4.31 Å². The maximum absolute atomic E-state index is 12.6. The van der Waals surface area contributed by atoms with E-state index in [1.54, 1.807) is 25.4 Å². The van der Waals surface area contributed by atoms with Crippen molar-refractivity contribution >= 4 is 33.0 Å². The standard InChI is InChI=1S/C13H18ClN3O2S2/c1-15-7-10-6-12(9-16(10)2)21(18,19)17(3)8-11-4-5-13(14)20-11/h4-6,9,15H,7-8H2,1-3H3. The minimum atomic E-state index is -3.50. The normalized spacial score (nSPS) is 12.2. The number of halogens is 1. The van der Waals surface area contributed by atoms with Gasteiger partial charge in [0.05, 0.1) is 4.34 Å². The molecule has 0 saturated heterocycles. The van der Waals surface area contributed by atoms with Gasteiger partial charge in [-0.25, -0.2) is 8.42 Å². The molecule has 0 aromatic carbocycles. The van der Waals surface area contributed by atoms with Crippen LogP contribution in [0.25, 0.3) is 0 Å². The predicted octanol–water partition coefficient (Wildman–Crippen LogP) is 2.28. The third kappa shape index (κ3) is 3.67. The topological polar surface area (TPSA) is 54.3 Å². The largest absolute Gasteiger partial charge is 0.352 e. The van der Waals surface area contributed by atoms with Gasteiger partial charge in [-0.05, 0) is 25.2 Å². The van der Waals surface area contributed by atoms with Gasteiger partial charge >= 0.3 is 0 Å². The molecule has 0 radical (unpaired) electrons. The number of sulfonamides is 1. The molecule has 0 spiro atoms. The lowest BCUT2D eigenvalue weighted by Gasteiger charge is -2.15. The quantitative estimate of drug-likeness (QED) is 0.872. The van der Waals surface area contributed by atoms with Gasteiger partial charge in [0.15, 0.2) is 0 Å². The van der Waals surface area contributed by atoms with Crippen LogP contribution in [-0.2, 0) is 30.2 Å². The van der Waals surface area contributed by atoms with Crippen LogP contribution in [0.3, 0.4) is 0 Å². The predicted molar refractivity (Wildman–Crippen MR) is 86.2 cm³/mol. The molecule has 0 unspecified atom stereocenters. The lowest BCUT2D eigenvalue weighted by atomic mass is 10.4. The van der Waals surface area contributed by atoms with Gasteiger partial charge in [-0.15, -0.1) is 11.3 Å². The Balaban J connectivity index is 2.22. The molecule has 116 valence electrons. The van der Waals surface area contributed by atoms with Gasteiger partial charge in [-0.1, -0.05) is 11.6 Å². The summed E-state index contributed by atoms with van der Waals surface area (Å²) in [6.45, 7) is 0.937. The molecule has 0 bridgehead atoms. The van der Waals surface area contributed by atoms with E-state index in [9.17, 15) is 8.42 Å². The zero-order valence-corrected chi connectivity index (χ0v) is 14.5. The number of aryl methyl sites for hydroxylation is 1. The second-order valence-corrected chi connectivity index (χ2v) is 8.62. The highest BCUT2D eigenvalue weighted by Crippen LogP contribution is 2.25. The molecule has 8 heteroatoms. The summed E-state index contributed by atoms with van der Waals surface area (Å²) in [5.74, 6) is 0. The zero-order valence-electron chi connectivity index (χ0n) is 12.1. The van der Waals surface area contributed by atoms with Crippen LogP contribution in [0.1, 0.15) is 10.6 Å². The van der Waals surface area contributed by atoms with Crippen LogP contribution in [0.5, 0.6) is 0 Å². The summed E-state index contributed by atoms with van der Waals surface area (Å²) in [4.78, 5) is 1.22. The first-order chi connectivity index (χ1) is 9.84. The van der Waals surface area contributed by atoms with Gasteiger partial charge in [0.1, 0.15) is 4.90 Å². The highest BCUT2D eigenvalue weighted by Gasteiger charge is 2.23. The van der Waals surface area contributed by atoms with Crippen LogP contribution in [0, 0.1) is 0 Å². The molecule has 0 fully saturated rings. The van der Waals surface area contributed by atoms with Crippen molar-refractivity contribution in [3.8, 4) is 0 Å². The summed E-state index contributed by atoms with van der Waals surface area (Å²) in [6, 6.07) is 5.32. The maximum atomic E-state index is 12.6. The molecular weight excluding hydrogens is 330 g/mol. The Morgan fingerprint density at radius 3 is 2.71 bits per heavy atom. The SMILES string of the molecule is CNCc1cc(S(=O)(=O)N(C)Cc2ccc(Cl)s2)cn1C. The molecule has 0 aliphatic carbocycles. The first-order valence-corrected chi connectivity index (χ1v) is 8.98. The number of nitrogens with one attached hydrogen (secondary N) is 1. The number of thiophene rings is 1. The molecule has 1 N–H and O–H groups in total. The van der Waals surface area contributed by atoms with Crippen molar-refractivity contribution in [2.24, 2.45) is 7.05 Å². The van der Waals surface area contributed by atoms with Crippen LogP contribution in [-0.4, -0.2) is 31.4 Å². The Morgan fingerprint density at radius 1 is 1.43 bits per heavy atom. The van der Waals surface area contributed by atoms with Crippen molar-refractivity contribution in [1.82, 2.24) is 14.2 Å². The van der Waals surface area contributed by atoms with Crippen molar-refractivity contribution < 1.29 is 8.42 Å². The molecule has 5 nitrogen and oxygen atoms in total. The number of hydrogen-bond acceptors (Lipinski definition) is 4. The number of nitrogens with zero attached hydrogens (tertiary/aromatic N) is 2. The van der Waals surface area contributed by atoms with Crippen molar-refractivity contribution in [3.05, 3.63) is 39.3 Å². The average molecular weight is 348 g/mol. The number of aromatic nitrogens is 1. The Morgan fingerprint density at radius 2 is 2.14 bits per heavy atom. The number of rotatable bonds is 6. The molecule has 2 rings (SSSR count). The second kappa shape index (κ2) is 6.50. The summed E-state index contributed by atoms with van der Waals surface area (Å²) in [7, 11) is 1.74. The molecular formula is C13H18ClN3O2S2. The van der Waals surface area contributed by atoms with Gasteiger partial charge < -0.3 is 9.88 Å². The van der Waals surface area contributed by atoms with E-state index in [4.69, 9.17) is 11.6 Å². The smallest absolute Gasteiger partial charge is 0.244 e. The van der Waals surface area contributed by atoms with E-state index in [1.165, 1.54) is 15.6 Å². The Kier molecular flexibility index (Phi) is 5.11. The first-order valence-electron chi connectivity index (χ1n) is 6.35. The van der Waals surface area contributed by atoms with E-state index >= 15 is 0 Å². The summed E-state index contributed by atoms with van der Waals surface area (Å²) in [5.41, 5.74) is 0.920. The van der Waals surface area contributed by atoms with E-state index in [-0.39, 0.29) is 0 Å². The lowest BCUT2D eigenvalue weighted by molar-refractivity contribution is 0.469. The van der Waals surface area contributed by atoms with Crippen LogP contribution in [0.2, 0.25) is 4.34 Å². The molecule has 21 heavy (non-hydrogen) atoms. The second-order valence-electron chi connectivity index (χ2n) is 4.78. The molecule has 2 aromatic rings. The van der Waals surface area contributed by atoms with E-state index in [2.05, 4.69) is 5.32 Å². The summed E-state index contributed by atoms with van der Waals surface area (Å²) in [5, 5.41) is 3.02. The van der Waals surface area contributed by atoms with Crippen LogP contribution in [0.15, 0.2) is 29.3 Å².